The lowest BCUT2D eigenvalue weighted by Gasteiger charge is -2.35. The number of aliphatic hydroxyl groups excluding tert-OH is 1. The number of nitrogens with one attached hydrogen (secondary N) is 1. The quantitative estimate of drug-likeness (QED) is 0.865. The molecule has 5 nitrogen and oxygen atoms in total. The fraction of sp³-hybridized carbons (Fsp3) is 0.632. The van der Waals surface area contributed by atoms with Crippen LogP contribution >= 0.6 is 0 Å². The van der Waals surface area contributed by atoms with Crippen molar-refractivity contribution in [3.63, 3.8) is 0 Å². The fourth-order valence-corrected chi connectivity index (χ4v) is 3.14. The number of aryl methyl sites for hydroxylation is 1. The minimum atomic E-state index is -0.396. The third-order valence-corrected chi connectivity index (χ3v) is 4.82. The van der Waals surface area contributed by atoms with Gasteiger partial charge in [0.1, 0.15) is 0 Å². The number of hydrogen-bond donors (Lipinski definition) is 2. The summed E-state index contributed by atoms with van der Waals surface area (Å²) in [5, 5.41) is 12.3. The van der Waals surface area contributed by atoms with Crippen LogP contribution in [-0.2, 0) is 0 Å². The number of benzene rings is 1. The van der Waals surface area contributed by atoms with Gasteiger partial charge in [-0.25, -0.2) is 4.79 Å². The molecule has 1 heterocycles. The molecule has 0 spiro atoms. The Morgan fingerprint density at radius 1 is 1.46 bits per heavy atom. The van der Waals surface area contributed by atoms with E-state index in [1.807, 2.05) is 13.0 Å². The molecule has 2 amide bonds. The Balaban J connectivity index is 2.00. The van der Waals surface area contributed by atoms with E-state index in [9.17, 15) is 9.90 Å². The molecule has 24 heavy (non-hydrogen) atoms. The highest BCUT2D eigenvalue weighted by atomic mass is 16.3. The van der Waals surface area contributed by atoms with E-state index < -0.39 is 6.10 Å². The smallest absolute Gasteiger partial charge is 0.321 e. The van der Waals surface area contributed by atoms with Crippen molar-refractivity contribution in [2.75, 3.05) is 30.4 Å². The third-order valence-electron chi connectivity index (χ3n) is 4.82. The number of carbonyl (C=O) groups is 1. The van der Waals surface area contributed by atoms with Crippen LogP contribution < -0.4 is 10.2 Å². The fourth-order valence-electron chi connectivity index (χ4n) is 3.14. The molecule has 0 aliphatic carbocycles. The number of nitrogens with zero attached hydrogens (tertiary/aromatic N) is 2. The molecular weight excluding hydrogens is 302 g/mol. The lowest BCUT2D eigenvalue weighted by atomic mass is 10.0. The van der Waals surface area contributed by atoms with E-state index in [0.29, 0.717) is 19.0 Å². The zero-order valence-electron chi connectivity index (χ0n) is 15.4. The van der Waals surface area contributed by atoms with Gasteiger partial charge in [-0.2, -0.15) is 0 Å². The Kier molecular flexibility index (Phi) is 6.49. The summed E-state index contributed by atoms with van der Waals surface area (Å²) in [6, 6.07) is 6.68. The number of piperidine rings is 1. The molecule has 0 radical (unpaired) electrons. The average molecular weight is 333 g/mol. The highest BCUT2D eigenvalue weighted by molar-refractivity contribution is 5.90. The molecule has 1 aromatic rings. The van der Waals surface area contributed by atoms with Crippen LogP contribution in [0.2, 0.25) is 0 Å². The number of urea groups is 1. The van der Waals surface area contributed by atoms with Crippen LogP contribution in [0.4, 0.5) is 16.2 Å². The Morgan fingerprint density at radius 3 is 2.83 bits per heavy atom. The van der Waals surface area contributed by atoms with Gasteiger partial charge in [-0.05, 0) is 70.2 Å². The van der Waals surface area contributed by atoms with Gasteiger partial charge in [0.25, 0.3) is 0 Å². The Hall–Kier alpha value is -1.75. The topological polar surface area (TPSA) is 55.8 Å². The van der Waals surface area contributed by atoms with Gasteiger partial charge in [-0.3, -0.25) is 0 Å². The Labute approximate surface area is 145 Å². The summed E-state index contributed by atoms with van der Waals surface area (Å²) in [5.41, 5.74) is 3.15. The van der Waals surface area contributed by atoms with E-state index in [0.717, 1.165) is 17.8 Å². The van der Waals surface area contributed by atoms with Gasteiger partial charge in [0.05, 0.1) is 6.10 Å². The van der Waals surface area contributed by atoms with Crippen LogP contribution in [-0.4, -0.2) is 48.3 Å². The maximum absolute atomic E-state index is 12.2. The summed E-state index contributed by atoms with van der Waals surface area (Å²) in [6.07, 6.45) is 3.98. The second-order valence-corrected chi connectivity index (χ2v) is 7.03. The van der Waals surface area contributed by atoms with Gasteiger partial charge in [-0.1, -0.05) is 0 Å². The SMILES string of the molecule is Cc1cc(N2CCCCC2C)ccc1NC(=O)N(C)CCC(C)O. The van der Waals surface area contributed by atoms with Crippen LogP contribution in [0.25, 0.3) is 0 Å². The number of carbonyl (C=O) groups excluding carboxylic acids is 1. The van der Waals surface area contributed by atoms with Gasteiger partial charge in [-0.15, -0.1) is 0 Å². The van der Waals surface area contributed by atoms with Crippen molar-refractivity contribution in [3.05, 3.63) is 23.8 Å². The minimum Gasteiger partial charge on any atom is -0.393 e. The monoisotopic (exact) mass is 333 g/mol. The first kappa shape index (κ1) is 18.6. The first-order valence-electron chi connectivity index (χ1n) is 8.96. The van der Waals surface area contributed by atoms with Crippen LogP contribution in [0.1, 0.15) is 45.1 Å². The van der Waals surface area contributed by atoms with Crippen molar-refractivity contribution in [1.29, 1.82) is 0 Å². The van der Waals surface area contributed by atoms with Crippen molar-refractivity contribution in [2.45, 2.75) is 58.6 Å². The van der Waals surface area contributed by atoms with E-state index >= 15 is 0 Å². The molecule has 5 heteroatoms. The van der Waals surface area contributed by atoms with E-state index in [4.69, 9.17) is 0 Å². The zero-order valence-corrected chi connectivity index (χ0v) is 15.4. The second-order valence-electron chi connectivity index (χ2n) is 7.03. The van der Waals surface area contributed by atoms with Gasteiger partial charge in [0.2, 0.25) is 0 Å². The van der Waals surface area contributed by atoms with Crippen LogP contribution in [0.5, 0.6) is 0 Å². The van der Waals surface area contributed by atoms with Crippen LogP contribution in [0.3, 0.4) is 0 Å². The number of rotatable bonds is 5. The minimum absolute atomic E-state index is 0.141. The Morgan fingerprint density at radius 2 is 2.21 bits per heavy atom. The van der Waals surface area contributed by atoms with Crippen LogP contribution in [0.15, 0.2) is 18.2 Å². The van der Waals surface area contributed by atoms with E-state index in [-0.39, 0.29) is 6.03 Å². The maximum Gasteiger partial charge on any atom is 0.321 e. The zero-order chi connectivity index (χ0) is 17.7. The first-order chi connectivity index (χ1) is 11.4. The Bertz CT molecular complexity index is 560. The van der Waals surface area contributed by atoms with Gasteiger partial charge < -0.3 is 20.2 Å². The van der Waals surface area contributed by atoms with E-state index in [2.05, 4.69) is 29.3 Å². The molecule has 134 valence electrons. The molecule has 0 saturated carbocycles. The molecule has 2 unspecified atom stereocenters. The molecule has 1 fully saturated rings. The van der Waals surface area contributed by atoms with Crippen molar-refractivity contribution in [1.82, 2.24) is 4.90 Å². The largest absolute Gasteiger partial charge is 0.393 e. The summed E-state index contributed by atoms with van der Waals surface area (Å²) in [5.74, 6) is 0. The van der Waals surface area contributed by atoms with Crippen LogP contribution in [0, 0.1) is 6.92 Å². The van der Waals surface area contributed by atoms with Gasteiger partial charge in [0, 0.05) is 37.6 Å². The predicted octanol–water partition coefficient (Wildman–Crippen LogP) is 3.61. The van der Waals surface area contributed by atoms with Gasteiger partial charge in [0.15, 0.2) is 0 Å². The van der Waals surface area contributed by atoms with E-state index in [1.54, 1.807) is 18.9 Å². The van der Waals surface area contributed by atoms with Crippen molar-refractivity contribution in [3.8, 4) is 0 Å². The molecule has 1 aliphatic rings. The predicted molar refractivity (Wildman–Crippen MR) is 99.8 cm³/mol. The van der Waals surface area contributed by atoms with E-state index in [1.165, 1.54) is 24.9 Å². The summed E-state index contributed by atoms with van der Waals surface area (Å²) in [4.78, 5) is 16.3. The molecule has 2 rings (SSSR count). The van der Waals surface area contributed by atoms with Crippen molar-refractivity contribution >= 4 is 17.4 Å². The van der Waals surface area contributed by atoms with Crippen molar-refractivity contribution < 1.29 is 9.90 Å². The molecule has 1 saturated heterocycles. The molecule has 0 aromatic heterocycles. The number of hydrogen-bond acceptors (Lipinski definition) is 3. The maximum atomic E-state index is 12.2. The number of anilines is 2. The standard InChI is InChI=1S/C19H31N3O2/c1-14-13-17(22-11-6-5-7-15(22)2)8-9-18(14)20-19(24)21(4)12-10-16(3)23/h8-9,13,15-16,23H,5-7,10-12H2,1-4H3,(H,20,24). The first-order valence-corrected chi connectivity index (χ1v) is 8.96. The molecule has 2 atom stereocenters. The highest BCUT2D eigenvalue weighted by Gasteiger charge is 2.19. The molecule has 1 aromatic carbocycles. The number of amides is 2. The molecular formula is C19H31N3O2. The summed E-state index contributed by atoms with van der Waals surface area (Å²) in [7, 11) is 1.75. The number of aliphatic hydroxyl groups is 1. The normalized spacial score (nSPS) is 19.0. The summed E-state index contributed by atoms with van der Waals surface area (Å²) < 4.78 is 0. The lowest BCUT2D eigenvalue weighted by molar-refractivity contribution is 0.167. The molecule has 0 bridgehead atoms. The van der Waals surface area contributed by atoms with Gasteiger partial charge >= 0.3 is 6.03 Å². The lowest BCUT2D eigenvalue weighted by Crippen LogP contribution is -2.37. The highest BCUT2D eigenvalue weighted by Crippen LogP contribution is 2.28. The third kappa shape index (κ3) is 4.87. The van der Waals surface area contributed by atoms with Crippen molar-refractivity contribution in [2.24, 2.45) is 0 Å². The second kappa shape index (κ2) is 8.38. The average Bonchev–Trinajstić information content (AvgIpc) is 2.54. The molecule has 1 aliphatic heterocycles. The summed E-state index contributed by atoms with van der Waals surface area (Å²) in [6.45, 7) is 7.68. The molecule has 2 N–H and O–H groups in total. The summed E-state index contributed by atoms with van der Waals surface area (Å²) >= 11 is 0.